The molecule has 0 aliphatic carbocycles. The lowest BCUT2D eigenvalue weighted by Gasteiger charge is -2.15. The van der Waals surface area contributed by atoms with Gasteiger partial charge in [0.15, 0.2) is 0 Å². The van der Waals surface area contributed by atoms with Crippen molar-refractivity contribution in [3.8, 4) is 0 Å². The summed E-state index contributed by atoms with van der Waals surface area (Å²) in [6.45, 7) is 2.01. The van der Waals surface area contributed by atoms with Crippen LogP contribution in [0, 0.1) is 6.92 Å². The number of fused-ring (bicyclic) bond motifs is 1. The van der Waals surface area contributed by atoms with Gasteiger partial charge < -0.3 is 5.11 Å². The molecule has 1 aromatic heterocycles. The second kappa shape index (κ2) is 5.35. The first kappa shape index (κ1) is 13.3. The lowest BCUT2D eigenvalue weighted by atomic mass is 10.00. The highest BCUT2D eigenvalue weighted by atomic mass is 79.9. The molecule has 2 aromatic carbocycles. The molecule has 0 aliphatic heterocycles. The van der Waals surface area contributed by atoms with Crippen LogP contribution in [0.3, 0.4) is 0 Å². The number of para-hydroxylation sites is 1. The number of aryl methyl sites for hydroxylation is 1. The third-order valence-electron chi connectivity index (χ3n) is 3.44. The molecule has 0 saturated carbocycles. The molecule has 0 spiro atoms. The topological polar surface area (TPSA) is 33.1 Å². The number of aliphatic hydroxyl groups excluding tert-OH is 1. The Bertz CT molecular complexity index is 770. The number of pyridine rings is 1. The van der Waals surface area contributed by atoms with Gasteiger partial charge in [-0.3, -0.25) is 4.98 Å². The third-order valence-corrected chi connectivity index (χ3v) is 4.53. The van der Waals surface area contributed by atoms with Crippen molar-refractivity contribution in [2.45, 2.75) is 13.0 Å². The van der Waals surface area contributed by atoms with E-state index in [1.165, 1.54) is 0 Å². The molecule has 0 bridgehead atoms. The molecule has 3 rings (SSSR count). The van der Waals surface area contributed by atoms with Gasteiger partial charge in [-0.15, -0.1) is 0 Å². The Labute approximate surface area is 126 Å². The standard InChI is InChI=1S/C17H14BrNO/c1-11-5-4-7-14(16(11)18)17(20)13-9-12-6-2-3-8-15(12)19-10-13/h2-10,17,20H,1H3. The van der Waals surface area contributed by atoms with E-state index in [0.717, 1.165) is 32.1 Å². The van der Waals surface area contributed by atoms with E-state index in [4.69, 9.17) is 0 Å². The second-order valence-electron chi connectivity index (χ2n) is 4.84. The Morgan fingerprint density at radius 3 is 2.75 bits per heavy atom. The zero-order valence-electron chi connectivity index (χ0n) is 11.0. The summed E-state index contributed by atoms with van der Waals surface area (Å²) in [5, 5.41) is 11.6. The fraction of sp³-hybridized carbons (Fsp3) is 0.118. The van der Waals surface area contributed by atoms with E-state index in [2.05, 4.69) is 20.9 Å². The molecular weight excluding hydrogens is 314 g/mol. The number of aliphatic hydroxyl groups is 1. The summed E-state index contributed by atoms with van der Waals surface area (Å²) in [7, 11) is 0. The SMILES string of the molecule is Cc1cccc(C(O)c2cnc3ccccc3c2)c1Br. The molecule has 1 unspecified atom stereocenters. The van der Waals surface area contributed by atoms with Gasteiger partial charge in [-0.05, 0) is 30.2 Å². The maximum Gasteiger partial charge on any atom is 0.107 e. The molecule has 3 aromatic rings. The van der Waals surface area contributed by atoms with Crippen LogP contribution in [0.25, 0.3) is 10.9 Å². The maximum atomic E-state index is 10.6. The highest BCUT2D eigenvalue weighted by molar-refractivity contribution is 9.10. The molecule has 1 N–H and O–H groups in total. The minimum atomic E-state index is -0.679. The minimum absolute atomic E-state index is 0.679. The maximum absolute atomic E-state index is 10.6. The van der Waals surface area contributed by atoms with Gasteiger partial charge in [-0.25, -0.2) is 0 Å². The van der Waals surface area contributed by atoms with Gasteiger partial charge >= 0.3 is 0 Å². The third kappa shape index (κ3) is 2.35. The van der Waals surface area contributed by atoms with E-state index >= 15 is 0 Å². The van der Waals surface area contributed by atoms with Crippen LogP contribution in [-0.2, 0) is 0 Å². The number of halogens is 1. The zero-order valence-corrected chi connectivity index (χ0v) is 12.6. The summed E-state index contributed by atoms with van der Waals surface area (Å²) in [6, 6.07) is 15.8. The van der Waals surface area contributed by atoms with Crippen molar-refractivity contribution >= 4 is 26.8 Å². The lowest BCUT2D eigenvalue weighted by molar-refractivity contribution is 0.219. The molecule has 20 heavy (non-hydrogen) atoms. The number of aromatic nitrogens is 1. The van der Waals surface area contributed by atoms with Crippen LogP contribution in [0.15, 0.2) is 59.2 Å². The zero-order chi connectivity index (χ0) is 14.1. The van der Waals surface area contributed by atoms with Crippen LogP contribution < -0.4 is 0 Å². The molecule has 0 saturated heterocycles. The smallest absolute Gasteiger partial charge is 0.107 e. The van der Waals surface area contributed by atoms with Gasteiger partial charge in [-0.1, -0.05) is 52.3 Å². The van der Waals surface area contributed by atoms with Crippen LogP contribution in [-0.4, -0.2) is 10.1 Å². The molecular formula is C17H14BrNO. The average Bonchev–Trinajstić information content (AvgIpc) is 2.49. The van der Waals surface area contributed by atoms with E-state index in [1.54, 1.807) is 6.20 Å². The molecule has 0 fully saturated rings. The van der Waals surface area contributed by atoms with E-state index in [1.807, 2.05) is 55.5 Å². The Morgan fingerprint density at radius 2 is 1.90 bits per heavy atom. The lowest BCUT2D eigenvalue weighted by Crippen LogP contribution is -2.02. The first-order valence-electron chi connectivity index (χ1n) is 6.44. The van der Waals surface area contributed by atoms with Crippen LogP contribution in [0.2, 0.25) is 0 Å². The molecule has 0 amide bonds. The average molecular weight is 328 g/mol. The largest absolute Gasteiger partial charge is 0.384 e. The van der Waals surface area contributed by atoms with Gasteiger partial charge in [0.25, 0.3) is 0 Å². The van der Waals surface area contributed by atoms with Crippen LogP contribution in [0.5, 0.6) is 0 Å². The van der Waals surface area contributed by atoms with Crippen LogP contribution in [0.1, 0.15) is 22.8 Å². The Kier molecular flexibility index (Phi) is 3.55. The Balaban J connectivity index is 2.08. The summed E-state index contributed by atoms with van der Waals surface area (Å²) < 4.78 is 0.945. The van der Waals surface area contributed by atoms with Crippen molar-refractivity contribution in [3.63, 3.8) is 0 Å². The van der Waals surface area contributed by atoms with E-state index in [-0.39, 0.29) is 0 Å². The van der Waals surface area contributed by atoms with Crippen molar-refractivity contribution in [1.82, 2.24) is 4.98 Å². The predicted molar refractivity (Wildman–Crippen MR) is 84.7 cm³/mol. The van der Waals surface area contributed by atoms with Crippen molar-refractivity contribution in [2.75, 3.05) is 0 Å². The highest BCUT2D eigenvalue weighted by Crippen LogP contribution is 2.31. The first-order chi connectivity index (χ1) is 9.66. The fourth-order valence-corrected chi connectivity index (χ4v) is 2.78. The summed E-state index contributed by atoms with van der Waals surface area (Å²) in [6.07, 6.45) is 1.06. The predicted octanol–water partition coefficient (Wildman–Crippen LogP) is 4.39. The van der Waals surface area contributed by atoms with Gasteiger partial charge in [0.1, 0.15) is 6.10 Å². The molecule has 0 radical (unpaired) electrons. The molecule has 2 nitrogen and oxygen atoms in total. The fourth-order valence-electron chi connectivity index (χ4n) is 2.30. The number of benzene rings is 2. The molecule has 1 heterocycles. The molecule has 100 valence electrons. The number of rotatable bonds is 2. The normalized spacial score (nSPS) is 12.6. The van der Waals surface area contributed by atoms with Crippen molar-refractivity contribution in [1.29, 1.82) is 0 Å². The van der Waals surface area contributed by atoms with E-state index in [9.17, 15) is 5.11 Å². The van der Waals surface area contributed by atoms with Gasteiger partial charge in [0.2, 0.25) is 0 Å². The van der Waals surface area contributed by atoms with Gasteiger partial charge in [0.05, 0.1) is 5.52 Å². The number of hydrogen-bond donors (Lipinski definition) is 1. The molecule has 3 heteroatoms. The molecule has 0 aliphatic rings. The van der Waals surface area contributed by atoms with Crippen LogP contribution >= 0.6 is 15.9 Å². The number of nitrogens with zero attached hydrogens (tertiary/aromatic N) is 1. The summed E-state index contributed by atoms with van der Waals surface area (Å²) in [4.78, 5) is 4.40. The quantitative estimate of drug-likeness (QED) is 0.757. The summed E-state index contributed by atoms with van der Waals surface area (Å²) >= 11 is 3.55. The number of hydrogen-bond acceptors (Lipinski definition) is 2. The van der Waals surface area contributed by atoms with Crippen molar-refractivity contribution in [3.05, 3.63) is 75.9 Å². The van der Waals surface area contributed by atoms with Crippen LogP contribution in [0.4, 0.5) is 0 Å². The van der Waals surface area contributed by atoms with E-state index < -0.39 is 6.10 Å². The summed E-state index contributed by atoms with van der Waals surface area (Å²) in [5.74, 6) is 0. The van der Waals surface area contributed by atoms with E-state index in [0.29, 0.717) is 0 Å². The Morgan fingerprint density at radius 1 is 1.10 bits per heavy atom. The van der Waals surface area contributed by atoms with Crippen molar-refractivity contribution < 1.29 is 5.11 Å². The van der Waals surface area contributed by atoms with Crippen molar-refractivity contribution in [2.24, 2.45) is 0 Å². The first-order valence-corrected chi connectivity index (χ1v) is 7.24. The van der Waals surface area contributed by atoms with Gasteiger partial charge in [0, 0.05) is 21.6 Å². The summed E-state index contributed by atoms with van der Waals surface area (Å²) in [5.41, 5.74) is 3.71. The molecule has 1 atom stereocenters. The van der Waals surface area contributed by atoms with Gasteiger partial charge in [-0.2, -0.15) is 0 Å². The minimum Gasteiger partial charge on any atom is -0.384 e. The monoisotopic (exact) mass is 327 g/mol. The second-order valence-corrected chi connectivity index (χ2v) is 5.64. The highest BCUT2D eigenvalue weighted by Gasteiger charge is 2.15. The Hall–Kier alpha value is -1.71.